The molecule has 0 bridgehead atoms. The van der Waals surface area contributed by atoms with Crippen LogP contribution in [0.1, 0.15) is 11.3 Å². The fourth-order valence-corrected chi connectivity index (χ4v) is 1.93. The Hall–Kier alpha value is -1.66. The summed E-state index contributed by atoms with van der Waals surface area (Å²) < 4.78 is 0. The lowest BCUT2D eigenvalue weighted by Crippen LogP contribution is -2.23. The van der Waals surface area contributed by atoms with Crippen molar-refractivity contribution in [3.05, 3.63) is 23.4 Å². The van der Waals surface area contributed by atoms with Gasteiger partial charge in [-0.2, -0.15) is 0 Å². The SMILES string of the molecule is Cc1cc(C(=N)N)cc(N2CC(O)C(O)C2)n1. The number of aryl methyl sites for hydroxylation is 1. The van der Waals surface area contributed by atoms with Crippen molar-refractivity contribution in [2.45, 2.75) is 19.1 Å². The van der Waals surface area contributed by atoms with Crippen molar-refractivity contribution in [1.82, 2.24) is 4.98 Å². The van der Waals surface area contributed by atoms with Crippen LogP contribution in [0.3, 0.4) is 0 Å². The van der Waals surface area contributed by atoms with Crippen molar-refractivity contribution in [3.63, 3.8) is 0 Å². The van der Waals surface area contributed by atoms with Gasteiger partial charge in [-0.25, -0.2) is 4.98 Å². The molecule has 2 atom stereocenters. The summed E-state index contributed by atoms with van der Waals surface area (Å²) in [4.78, 5) is 6.11. The van der Waals surface area contributed by atoms with Gasteiger partial charge < -0.3 is 20.8 Å². The molecule has 0 aromatic carbocycles. The third-order valence-electron chi connectivity index (χ3n) is 2.83. The van der Waals surface area contributed by atoms with Crippen molar-refractivity contribution in [1.29, 1.82) is 5.41 Å². The summed E-state index contributed by atoms with van der Waals surface area (Å²) in [6.07, 6.45) is -1.50. The first-order valence-corrected chi connectivity index (χ1v) is 5.41. The normalized spacial score (nSPS) is 24.1. The molecule has 1 saturated heterocycles. The molecule has 0 amide bonds. The highest BCUT2D eigenvalue weighted by Gasteiger charge is 2.30. The predicted molar refractivity (Wildman–Crippen MR) is 64.2 cm³/mol. The van der Waals surface area contributed by atoms with Gasteiger partial charge in [0.2, 0.25) is 0 Å². The van der Waals surface area contributed by atoms with E-state index in [1.807, 2.05) is 6.92 Å². The van der Waals surface area contributed by atoms with Crippen LogP contribution in [0.25, 0.3) is 0 Å². The van der Waals surface area contributed by atoms with Gasteiger partial charge in [0.05, 0.1) is 12.2 Å². The number of β-amino-alcohol motifs (C(OH)–C–C–N with tert-alkyl or cyclic N) is 2. The number of aliphatic hydroxyl groups is 2. The minimum absolute atomic E-state index is 0.0166. The quantitative estimate of drug-likeness (QED) is 0.398. The number of rotatable bonds is 2. The van der Waals surface area contributed by atoms with E-state index in [1.54, 1.807) is 17.0 Å². The fourth-order valence-electron chi connectivity index (χ4n) is 1.93. The van der Waals surface area contributed by atoms with E-state index in [0.717, 1.165) is 5.69 Å². The number of nitrogens with zero attached hydrogens (tertiary/aromatic N) is 2. The average Bonchev–Trinajstić information content (AvgIpc) is 2.58. The van der Waals surface area contributed by atoms with Crippen molar-refractivity contribution < 1.29 is 10.2 Å². The number of nitrogen functional groups attached to an aromatic ring is 1. The van der Waals surface area contributed by atoms with Crippen LogP contribution in [-0.2, 0) is 0 Å². The van der Waals surface area contributed by atoms with Crippen LogP contribution >= 0.6 is 0 Å². The summed E-state index contributed by atoms with van der Waals surface area (Å²) in [5, 5.41) is 26.4. The summed E-state index contributed by atoms with van der Waals surface area (Å²) in [7, 11) is 0. The molecule has 5 N–H and O–H groups in total. The molecule has 0 aliphatic carbocycles. The van der Waals surface area contributed by atoms with Gasteiger partial charge in [-0.05, 0) is 19.1 Å². The Labute approximate surface area is 99.2 Å². The first kappa shape index (κ1) is 11.8. The second kappa shape index (κ2) is 4.31. The summed E-state index contributed by atoms with van der Waals surface area (Å²) in [6, 6.07) is 3.43. The number of nitrogens with one attached hydrogen (secondary N) is 1. The standard InChI is InChI=1S/C11H16N4O2/c1-6-2-7(11(12)13)3-10(14-6)15-4-8(16)9(17)5-15/h2-3,8-9,16-17H,4-5H2,1H3,(H3,12,13). The maximum atomic E-state index is 9.49. The lowest BCUT2D eigenvalue weighted by Gasteiger charge is -2.17. The summed E-state index contributed by atoms with van der Waals surface area (Å²) in [6.45, 7) is 2.50. The molecule has 1 aliphatic rings. The molecule has 1 aliphatic heterocycles. The number of aromatic nitrogens is 1. The molecule has 92 valence electrons. The van der Waals surface area contributed by atoms with Crippen LogP contribution in [-0.4, -0.2) is 46.3 Å². The Bertz CT molecular complexity index is 439. The highest BCUT2D eigenvalue weighted by molar-refractivity contribution is 5.95. The summed E-state index contributed by atoms with van der Waals surface area (Å²) in [5.41, 5.74) is 6.80. The number of amidine groups is 1. The first-order valence-electron chi connectivity index (χ1n) is 5.41. The average molecular weight is 236 g/mol. The Morgan fingerprint density at radius 3 is 2.53 bits per heavy atom. The van der Waals surface area contributed by atoms with E-state index in [0.29, 0.717) is 24.5 Å². The molecule has 6 nitrogen and oxygen atoms in total. The van der Waals surface area contributed by atoms with Gasteiger partial charge in [-0.15, -0.1) is 0 Å². The van der Waals surface area contributed by atoms with E-state index in [-0.39, 0.29) is 5.84 Å². The van der Waals surface area contributed by atoms with E-state index >= 15 is 0 Å². The smallest absolute Gasteiger partial charge is 0.129 e. The second-order valence-electron chi connectivity index (χ2n) is 4.31. The molecular formula is C11H16N4O2. The molecule has 2 heterocycles. The fraction of sp³-hybridized carbons (Fsp3) is 0.455. The summed E-state index contributed by atoms with van der Waals surface area (Å²) >= 11 is 0. The third-order valence-corrected chi connectivity index (χ3v) is 2.83. The first-order chi connectivity index (χ1) is 7.97. The van der Waals surface area contributed by atoms with Gasteiger partial charge in [-0.3, -0.25) is 5.41 Å². The van der Waals surface area contributed by atoms with Gasteiger partial charge in [0.15, 0.2) is 0 Å². The maximum absolute atomic E-state index is 9.49. The molecule has 1 fully saturated rings. The number of hydrogen-bond acceptors (Lipinski definition) is 5. The second-order valence-corrected chi connectivity index (χ2v) is 4.31. The number of hydrogen-bond donors (Lipinski definition) is 4. The van der Waals surface area contributed by atoms with Crippen LogP contribution in [0.5, 0.6) is 0 Å². The summed E-state index contributed by atoms with van der Waals surface area (Å²) in [5.74, 6) is 0.614. The maximum Gasteiger partial charge on any atom is 0.129 e. The van der Waals surface area contributed by atoms with E-state index in [1.165, 1.54) is 0 Å². The highest BCUT2D eigenvalue weighted by Crippen LogP contribution is 2.20. The number of nitrogens with two attached hydrogens (primary N) is 1. The van der Waals surface area contributed by atoms with E-state index < -0.39 is 12.2 Å². The lowest BCUT2D eigenvalue weighted by molar-refractivity contribution is 0.0572. The lowest BCUT2D eigenvalue weighted by atomic mass is 10.2. The molecule has 2 rings (SSSR count). The topological polar surface area (TPSA) is 106 Å². The molecule has 0 saturated carbocycles. The zero-order valence-electron chi connectivity index (χ0n) is 9.59. The van der Waals surface area contributed by atoms with Crippen molar-refractivity contribution in [2.24, 2.45) is 5.73 Å². The predicted octanol–water partition coefficient (Wildman–Crippen LogP) is -0.784. The van der Waals surface area contributed by atoms with Crippen molar-refractivity contribution in [2.75, 3.05) is 18.0 Å². The van der Waals surface area contributed by atoms with Gasteiger partial charge in [0.1, 0.15) is 11.7 Å². The van der Waals surface area contributed by atoms with Crippen LogP contribution in [0.2, 0.25) is 0 Å². The largest absolute Gasteiger partial charge is 0.389 e. The van der Waals surface area contributed by atoms with Crippen LogP contribution in [0, 0.1) is 12.3 Å². The molecule has 6 heteroatoms. The number of anilines is 1. The molecule has 0 radical (unpaired) electrons. The van der Waals surface area contributed by atoms with E-state index in [2.05, 4.69) is 4.98 Å². The zero-order chi connectivity index (χ0) is 12.6. The van der Waals surface area contributed by atoms with Crippen molar-refractivity contribution in [3.8, 4) is 0 Å². The van der Waals surface area contributed by atoms with E-state index in [4.69, 9.17) is 11.1 Å². The molecular weight excluding hydrogens is 220 g/mol. The van der Waals surface area contributed by atoms with E-state index in [9.17, 15) is 10.2 Å². The molecule has 1 aromatic heterocycles. The van der Waals surface area contributed by atoms with Gasteiger partial charge in [0.25, 0.3) is 0 Å². The molecule has 2 unspecified atom stereocenters. The molecule has 17 heavy (non-hydrogen) atoms. The Morgan fingerprint density at radius 2 is 2.00 bits per heavy atom. The van der Waals surface area contributed by atoms with Crippen molar-refractivity contribution >= 4 is 11.7 Å². The van der Waals surface area contributed by atoms with Crippen LogP contribution < -0.4 is 10.6 Å². The van der Waals surface area contributed by atoms with Gasteiger partial charge in [-0.1, -0.05) is 0 Å². The van der Waals surface area contributed by atoms with Crippen LogP contribution in [0.15, 0.2) is 12.1 Å². The van der Waals surface area contributed by atoms with Gasteiger partial charge >= 0.3 is 0 Å². The number of aliphatic hydroxyl groups excluding tert-OH is 2. The van der Waals surface area contributed by atoms with Gasteiger partial charge in [0, 0.05) is 24.3 Å². The Kier molecular flexibility index (Phi) is 2.99. The molecule has 0 spiro atoms. The minimum atomic E-state index is -0.752. The van der Waals surface area contributed by atoms with Crippen LogP contribution in [0.4, 0.5) is 5.82 Å². The Balaban J connectivity index is 2.30. The third kappa shape index (κ3) is 2.37. The Morgan fingerprint density at radius 1 is 1.41 bits per heavy atom. The highest BCUT2D eigenvalue weighted by atomic mass is 16.3. The molecule has 1 aromatic rings. The number of pyridine rings is 1. The minimum Gasteiger partial charge on any atom is -0.389 e. The zero-order valence-corrected chi connectivity index (χ0v) is 9.59. The monoisotopic (exact) mass is 236 g/mol.